The summed E-state index contributed by atoms with van der Waals surface area (Å²) in [6, 6.07) is 4.01. The lowest BCUT2D eigenvalue weighted by molar-refractivity contribution is -0.144. The molecule has 1 aromatic heterocycles. The Kier molecular flexibility index (Phi) is 8.50. The summed E-state index contributed by atoms with van der Waals surface area (Å²) in [5, 5.41) is 15.9. The summed E-state index contributed by atoms with van der Waals surface area (Å²) in [6.07, 6.45) is 3.61. The number of nitrogens with one attached hydrogen (secondary N) is 3. The molecular formula is C25H35N5O5. The number of carboxylic acids is 1. The minimum atomic E-state index is -1.15. The molecule has 5 atom stereocenters. The van der Waals surface area contributed by atoms with E-state index < -0.39 is 47.9 Å². The van der Waals surface area contributed by atoms with Crippen LogP contribution in [0.5, 0.6) is 0 Å². The van der Waals surface area contributed by atoms with Gasteiger partial charge in [0.2, 0.25) is 17.7 Å². The van der Waals surface area contributed by atoms with E-state index in [-0.39, 0.29) is 12.3 Å². The summed E-state index contributed by atoms with van der Waals surface area (Å²) in [5.74, 6) is -2.51. The fourth-order valence-corrected chi connectivity index (χ4v) is 4.42. The van der Waals surface area contributed by atoms with Gasteiger partial charge in [-0.2, -0.15) is 0 Å². The van der Waals surface area contributed by atoms with Gasteiger partial charge in [-0.3, -0.25) is 14.4 Å². The van der Waals surface area contributed by atoms with Crippen molar-refractivity contribution in [1.29, 1.82) is 0 Å². The Hall–Kier alpha value is -3.40. The number of nitrogens with zero attached hydrogens (tertiary/aromatic N) is 1. The average Bonchev–Trinajstić information content (AvgIpc) is 3.49. The largest absolute Gasteiger partial charge is 0.480 e. The van der Waals surface area contributed by atoms with Crippen molar-refractivity contribution in [2.24, 2.45) is 11.7 Å². The predicted octanol–water partition coefficient (Wildman–Crippen LogP) is 1.15. The maximum Gasteiger partial charge on any atom is 0.326 e. The summed E-state index contributed by atoms with van der Waals surface area (Å²) < 4.78 is 0. The number of likely N-dealkylation sites (tertiary alicyclic amines) is 1. The number of carbonyl (C=O) groups excluding carboxylic acids is 3. The van der Waals surface area contributed by atoms with Gasteiger partial charge in [0.05, 0.1) is 6.04 Å². The Morgan fingerprint density at radius 1 is 1.20 bits per heavy atom. The maximum absolute atomic E-state index is 13.1. The molecular weight excluding hydrogens is 450 g/mol. The van der Waals surface area contributed by atoms with Crippen molar-refractivity contribution in [2.75, 3.05) is 6.54 Å². The lowest BCUT2D eigenvalue weighted by Gasteiger charge is -2.29. The van der Waals surface area contributed by atoms with Crippen molar-refractivity contribution in [3.8, 4) is 0 Å². The second-order valence-corrected chi connectivity index (χ2v) is 9.29. The molecule has 0 aliphatic carbocycles. The number of hydrogen-bond donors (Lipinski definition) is 5. The number of aromatic amines is 1. The van der Waals surface area contributed by atoms with Gasteiger partial charge in [0, 0.05) is 30.1 Å². The molecule has 6 N–H and O–H groups in total. The summed E-state index contributed by atoms with van der Waals surface area (Å²) in [5.41, 5.74) is 7.63. The van der Waals surface area contributed by atoms with Crippen LogP contribution in [0.25, 0.3) is 10.9 Å². The predicted molar refractivity (Wildman–Crippen MR) is 131 cm³/mol. The summed E-state index contributed by atoms with van der Waals surface area (Å²) >= 11 is 0. The van der Waals surface area contributed by atoms with Crippen LogP contribution in [-0.2, 0) is 25.6 Å². The summed E-state index contributed by atoms with van der Waals surface area (Å²) in [6.45, 7) is 5.72. The maximum atomic E-state index is 13.1. The number of aromatic nitrogens is 1. The normalized spacial score (nSPS) is 19.1. The molecule has 5 unspecified atom stereocenters. The van der Waals surface area contributed by atoms with Crippen LogP contribution in [0.1, 0.15) is 45.6 Å². The van der Waals surface area contributed by atoms with Crippen LogP contribution in [0.4, 0.5) is 0 Å². The van der Waals surface area contributed by atoms with Crippen molar-refractivity contribution < 1.29 is 24.3 Å². The molecule has 1 aliphatic heterocycles. The highest BCUT2D eigenvalue weighted by Gasteiger charge is 2.38. The Balaban J connectivity index is 1.65. The van der Waals surface area contributed by atoms with E-state index in [1.165, 1.54) is 4.90 Å². The van der Waals surface area contributed by atoms with Gasteiger partial charge >= 0.3 is 5.97 Å². The van der Waals surface area contributed by atoms with E-state index in [1.807, 2.05) is 38.1 Å². The molecule has 1 fully saturated rings. The molecule has 0 saturated carbocycles. The van der Waals surface area contributed by atoms with Gasteiger partial charge in [-0.1, -0.05) is 38.5 Å². The van der Waals surface area contributed by atoms with Gasteiger partial charge < -0.3 is 31.4 Å². The van der Waals surface area contributed by atoms with E-state index in [9.17, 15) is 24.3 Å². The summed E-state index contributed by atoms with van der Waals surface area (Å²) in [4.78, 5) is 55.0. The molecule has 190 valence electrons. The second-order valence-electron chi connectivity index (χ2n) is 9.29. The fourth-order valence-electron chi connectivity index (χ4n) is 4.42. The van der Waals surface area contributed by atoms with Crippen LogP contribution < -0.4 is 16.4 Å². The van der Waals surface area contributed by atoms with Gasteiger partial charge in [-0.25, -0.2) is 4.79 Å². The van der Waals surface area contributed by atoms with E-state index in [1.54, 1.807) is 13.1 Å². The minimum absolute atomic E-state index is 0.0345. The van der Waals surface area contributed by atoms with Crippen LogP contribution >= 0.6 is 0 Å². The lowest BCUT2D eigenvalue weighted by atomic mass is 9.99. The zero-order valence-electron chi connectivity index (χ0n) is 20.4. The highest BCUT2D eigenvalue weighted by molar-refractivity contribution is 5.94. The Labute approximate surface area is 204 Å². The lowest BCUT2D eigenvalue weighted by Crippen LogP contribution is -2.56. The third-order valence-electron chi connectivity index (χ3n) is 6.84. The number of amides is 3. The van der Waals surface area contributed by atoms with E-state index in [0.717, 1.165) is 22.9 Å². The van der Waals surface area contributed by atoms with E-state index in [4.69, 9.17) is 5.73 Å². The molecule has 3 rings (SSSR count). The van der Waals surface area contributed by atoms with Crippen LogP contribution in [0.2, 0.25) is 0 Å². The third kappa shape index (κ3) is 6.00. The number of carboxylic acid groups (broad SMARTS) is 1. The van der Waals surface area contributed by atoms with E-state index >= 15 is 0 Å². The molecule has 10 nitrogen and oxygen atoms in total. The molecule has 3 amide bonds. The highest BCUT2D eigenvalue weighted by atomic mass is 16.4. The molecule has 1 saturated heterocycles. The molecule has 0 bridgehead atoms. The third-order valence-corrected chi connectivity index (χ3v) is 6.84. The molecule has 2 heterocycles. The first-order chi connectivity index (χ1) is 16.6. The van der Waals surface area contributed by atoms with Gasteiger partial charge in [0.1, 0.15) is 18.1 Å². The van der Waals surface area contributed by atoms with Crippen LogP contribution in [0.15, 0.2) is 30.5 Å². The molecule has 2 aromatic rings. The van der Waals surface area contributed by atoms with Gasteiger partial charge in [0.15, 0.2) is 0 Å². The molecule has 0 radical (unpaired) electrons. The molecule has 1 aromatic carbocycles. The number of fused-ring (bicyclic) bond motifs is 1. The van der Waals surface area contributed by atoms with E-state index in [2.05, 4.69) is 15.6 Å². The smallest absolute Gasteiger partial charge is 0.326 e. The second kappa shape index (κ2) is 11.4. The zero-order valence-corrected chi connectivity index (χ0v) is 20.4. The van der Waals surface area contributed by atoms with Crippen LogP contribution in [-0.4, -0.2) is 69.4 Å². The summed E-state index contributed by atoms with van der Waals surface area (Å²) in [7, 11) is 0. The number of carbonyl (C=O) groups is 4. The highest BCUT2D eigenvalue weighted by Crippen LogP contribution is 2.21. The average molecular weight is 486 g/mol. The van der Waals surface area contributed by atoms with Gasteiger partial charge in [-0.15, -0.1) is 0 Å². The Morgan fingerprint density at radius 2 is 1.91 bits per heavy atom. The van der Waals surface area contributed by atoms with Gasteiger partial charge in [-0.05, 0) is 37.3 Å². The van der Waals surface area contributed by atoms with E-state index in [0.29, 0.717) is 19.4 Å². The number of para-hydroxylation sites is 1. The van der Waals surface area contributed by atoms with Gasteiger partial charge in [0.25, 0.3) is 0 Å². The van der Waals surface area contributed by atoms with Crippen LogP contribution in [0.3, 0.4) is 0 Å². The molecule has 1 aliphatic rings. The number of hydrogen-bond acceptors (Lipinski definition) is 5. The Morgan fingerprint density at radius 3 is 2.60 bits per heavy atom. The topological polar surface area (TPSA) is 158 Å². The first-order valence-electron chi connectivity index (χ1n) is 12.1. The van der Waals surface area contributed by atoms with Crippen molar-refractivity contribution in [3.63, 3.8) is 0 Å². The number of H-pyrrole nitrogens is 1. The van der Waals surface area contributed by atoms with Crippen molar-refractivity contribution in [3.05, 3.63) is 36.0 Å². The number of rotatable bonds is 10. The monoisotopic (exact) mass is 485 g/mol. The number of nitrogens with two attached hydrogens (primary N) is 1. The van der Waals surface area contributed by atoms with Crippen molar-refractivity contribution >= 4 is 34.6 Å². The molecule has 35 heavy (non-hydrogen) atoms. The zero-order chi connectivity index (χ0) is 25.7. The number of benzene rings is 1. The molecule has 0 spiro atoms. The van der Waals surface area contributed by atoms with Crippen LogP contribution in [0, 0.1) is 5.92 Å². The number of aliphatic carboxylic acids is 1. The Bertz CT molecular complexity index is 1080. The first-order valence-corrected chi connectivity index (χ1v) is 12.1. The van der Waals surface area contributed by atoms with Crippen molar-refractivity contribution in [1.82, 2.24) is 20.5 Å². The van der Waals surface area contributed by atoms with Crippen molar-refractivity contribution in [2.45, 2.75) is 70.6 Å². The first kappa shape index (κ1) is 26.2. The molecule has 10 heteroatoms. The quantitative estimate of drug-likeness (QED) is 0.340. The minimum Gasteiger partial charge on any atom is -0.480 e. The SMILES string of the molecule is CCC(C)C(N)C(=O)NC(C)C(=O)N1CCCC1C(=O)NC(Cc1c[nH]c2ccccc12)C(=O)O. The fraction of sp³-hybridized carbons (Fsp3) is 0.520. The standard InChI is InChI=1S/C25H35N5O5/c1-4-14(2)21(26)23(32)28-15(3)24(33)30-11-7-10-20(30)22(31)29-19(25(34)35)12-16-13-27-18-9-6-5-8-17(16)18/h5-6,8-9,13-15,19-21,27H,4,7,10-12,26H2,1-3H3,(H,28,32)(H,29,31)(H,34,35).